The van der Waals surface area contributed by atoms with Gasteiger partial charge in [0.25, 0.3) is 5.91 Å². The van der Waals surface area contributed by atoms with Gasteiger partial charge in [-0.25, -0.2) is 8.42 Å². The molecule has 1 aliphatic rings. The molecule has 8 nitrogen and oxygen atoms in total. The Bertz CT molecular complexity index is 1650. The number of aromatic nitrogens is 1. The largest absolute Gasteiger partial charge is 0.394 e. The van der Waals surface area contributed by atoms with Crippen molar-refractivity contribution in [3.8, 4) is 11.1 Å². The fourth-order valence-corrected chi connectivity index (χ4v) is 6.85. The maximum Gasteiger partial charge on any atom is 0.271 e. The Balaban J connectivity index is 1.61. The van der Waals surface area contributed by atoms with Crippen LogP contribution in [0.1, 0.15) is 29.9 Å². The molecule has 1 N–H and O–H groups in total. The van der Waals surface area contributed by atoms with E-state index in [1.54, 1.807) is 42.3 Å². The Morgan fingerprint density at radius 1 is 1.02 bits per heavy atom. The molecule has 2 heterocycles. The summed E-state index contributed by atoms with van der Waals surface area (Å²) in [7, 11) is -0.295. The first kappa shape index (κ1) is 29.0. The highest BCUT2D eigenvalue weighted by atomic mass is 32.2. The highest BCUT2D eigenvalue weighted by Crippen LogP contribution is 2.38. The van der Waals surface area contributed by atoms with Crippen LogP contribution in [-0.4, -0.2) is 72.1 Å². The zero-order valence-electron chi connectivity index (χ0n) is 23.9. The van der Waals surface area contributed by atoms with Crippen molar-refractivity contribution in [3.63, 3.8) is 0 Å². The summed E-state index contributed by atoms with van der Waals surface area (Å²) in [5, 5.41) is 11.1. The average molecular weight is 576 g/mol. The number of fused-ring (bicyclic) bond motifs is 5. The standard InChI is InChI=1S/C32H37N3O5S/c1-22-18-35(23(2)20-36)32(37)31-30(27-16-10-11-17-28(27)34(31)4)26-15-9-8-12-24(26)21-40-29(22)19-33(3)41(38,39)25-13-6-5-7-14-25/h5-17,22-23,29,36H,18-21H2,1-4H3/t22-,23-,29+/m1/s1. The Kier molecular flexibility index (Phi) is 8.33. The van der Waals surface area contributed by atoms with E-state index in [-0.39, 0.29) is 43.0 Å². The van der Waals surface area contributed by atoms with E-state index >= 15 is 0 Å². The number of hydrogen-bond acceptors (Lipinski definition) is 5. The minimum Gasteiger partial charge on any atom is -0.394 e. The van der Waals surface area contributed by atoms with Crippen LogP contribution in [0.25, 0.3) is 22.0 Å². The number of nitrogens with zero attached hydrogens (tertiary/aromatic N) is 3. The van der Waals surface area contributed by atoms with E-state index in [1.165, 1.54) is 4.31 Å². The number of rotatable bonds is 6. The van der Waals surface area contributed by atoms with E-state index < -0.39 is 22.2 Å². The predicted octanol–water partition coefficient (Wildman–Crippen LogP) is 4.52. The number of ether oxygens (including phenoxy) is 1. The number of aliphatic hydroxyl groups is 1. The first-order valence-electron chi connectivity index (χ1n) is 13.9. The second kappa shape index (κ2) is 11.8. The fourth-order valence-electron chi connectivity index (χ4n) is 5.65. The zero-order valence-corrected chi connectivity index (χ0v) is 24.7. The van der Waals surface area contributed by atoms with Crippen molar-refractivity contribution in [2.75, 3.05) is 26.7 Å². The molecule has 9 heteroatoms. The third-order valence-corrected chi connectivity index (χ3v) is 9.95. The fraction of sp³-hybridized carbons (Fsp3) is 0.344. The summed E-state index contributed by atoms with van der Waals surface area (Å²) < 4.78 is 36.5. The van der Waals surface area contributed by atoms with Gasteiger partial charge < -0.3 is 19.3 Å². The summed E-state index contributed by atoms with van der Waals surface area (Å²) in [4.78, 5) is 16.3. The normalized spacial score (nSPS) is 19.1. The summed E-state index contributed by atoms with van der Waals surface area (Å²) in [6, 6.07) is 23.7. The van der Waals surface area contributed by atoms with Crippen LogP contribution in [0.5, 0.6) is 0 Å². The van der Waals surface area contributed by atoms with Crippen molar-refractivity contribution in [2.24, 2.45) is 13.0 Å². The van der Waals surface area contributed by atoms with Crippen molar-refractivity contribution in [1.29, 1.82) is 0 Å². The zero-order chi connectivity index (χ0) is 29.3. The summed E-state index contributed by atoms with van der Waals surface area (Å²) in [5.41, 5.74) is 4.12. The van der Waals surface area contributed by atoms with E-state index in [2.05, 4.69) is 0 Å². The molecule has 3 atom stereocenters. The summed E-state index contributed by atoms with van der Waals surface area (Å²) in [6.45, 7) is 4.21. The Morgan fingerprint density at radius 2 is 1.68 bits per heavy atom. The van der Waals surface area contributed by atoms with E-state index in [9.17, 15) is 18.3 Å². The summed E-state index contributed by atoms with van der Waals surface area (Å²) in [6.07, 6.45) is -0.523. The second-order valence-electron chi connectivity index (χ2n) is 10.9. The van der Waals surface area contributed by atoms with Crippen LogP contribution in [0.2, 0.25) is 0 Å². The number of benzene rings is 3. The highest BCUT2D eigenvalue weighted by Gasteiger charge is 2.34. The number of para-hydroxylation sites is 1. The maximum absolute atomic E-state index is 14.4. The first-order chi connectivity index (χ1) is 19.6. The molecule has 3 aromatic carbocycles. The number of aliphatic hydroxyl groups excluding tert-OH is 1. The SMILES string of the molecule is C[C@@H]1CN([C@H](C)CO)C(=O)c2c(c3ccccc3n2C)-c2ccccc2CO[C@H]1CN(C)S(=O)(=O)c1ccccc1. The molecular weight excluding hydrogens is 538 g/mol. The Labute approximate surface area is 241 Å². The number of sulfonamides is 1. The molecule has 0 fully saturated rings. The van der Waals surface area contributed by atoms with E-state index in [1.807, 2.05) is 74.0 Å². The van der Waals surface area contributed by atoms with Crippen molar-refractivity contribution in [1.82, 2.24) is 13.8 Å². The average Bonchev–Trinajstić information content (AvgIpc) is 3.28. The molecule has 1 amide bonds. The highest BCUT2D eigenvalue weighted by molar-refractivity contribution is 7.89. The Hall–Kier alpha value is -3.50. The lowest BCUT2D eigenvalue weighted by atomic mass is 9.96. The van der Waals surface area contributed by atoms with Gasteiger partial charge in [-0.1, -0.05) is 67.6 Å². The minimum atomic E-state index is -3.75. The van der Waals surface area contributed by atoms with Crippen LogP contribution in [0, 0.1) is 5.92 Å². The van der Waals surface area contributed by atoms with Gasteiger partial charge in [-0.05, 0) is 36.2 Å². The van der Waals surface area contributed by atoms with Crippen molar-refractivity contribution in [3.05, 3.63) is 90.1 Å². The third kappa shape index (κ3) is 5.42. The van der Waals surface area contributed by atoms with Crippen LogP contribution < -0.4 is 0 Å². The van der Waals surface area contributed by atoms with E-state index in [4.69, 9.17) is 4.74 Å². The second-order valence-corrected chi connectivity index (χ2v) is 12.9. The van der Waals surface area contributed by atoms with Gasteiger partial charge in [0.15, 0.2) is 0 Å². The van der Waals surface area contributed by atoms with Crippen LogP contribution in [0.15, 0.2) is 83.8 Å². The maximum atomic E-state index is 14.4. The molecule has 0 saturated heterocycles. The van der Waals surface area contributed by atoms with Gasteiger partial charge in [0, 0.05) is 49.6 Å². The van der Waals surface area contributed by atoms with Crippen molar-refractivity contribution in [2.45, 2.75) is 37.5 Å². The third-order valence-electron chi connectivity index (χ3n) is 8.11. The van der Waals surface area contributed by atoms with Crippen LogP contribution in [0.3, 0.4) is 0 Å². The van der Waals surface area contributed by atoms with Gasteiger partial charge in [-0.15, -0.1) is 0 Å². The monoisotopic (exact) mass is 575 g/mol. The lowest BCUT2D eigenvalue weighted by molar-refractivity contribution is -0.0147. The Morgan fingerprint density at radius 3 is 2.41 bits per heavy atom. The van der Waals surface area contributed by atoms with Crippen molar-refractivity contribution < 1.29 is 23.1 Å². The van der Waals surface area contributed by atoms with Gasteiger partial charge in [-0.2, -0.15) is 4.31 Å². The number of hydrogen-bond donors (Lipinski definition) is 1. The number of amides is 1. The number of likely N-dealkylation sites (N-methyl/N-ethyl adjacent to an activating group) is 1. The van der Waals surface area contributed by atoms with Gasteiger partial charge in [0.2, 0.25) is 10.0 Å². The molecule has 0 aliphatic carbocycles. The molecule has 216 valence electrons. The molecule has 1 aliphatic heterocycles. The predicted molar refractivity (Wildman–Crippen MR) is 160 cm³/mol. The van der Waals surface area contributed by atoms with Crippen LogP contribution >= 0.6 is 0 Å². The minimum absolute atomic E-state index is 0.103. The molecule has 0 spiro atoms. The molecule has 1 aromatic heterocycles. The molecule has 0 radical (unpaired) electrons. The molecule has 0 unspecified atom stereocenters. The van der Waals surface area contributed by atoms with Gasteiger partial charge in [0.05, 0.1) is 30.3 Å². The lowest BCUT2D eigenvalue weighted by Gasteiger charge is -2.35. The molecule has 0 bridgehead atoms. The van der Waals surface area contributed by atoms with E-state index in [0.717, 1.165) is 27.6 Å². The lowest BCUT2D eigenvalue weighted by Crippen LogP contribution is -2.48. The first-order valence-corrected chi connectivity index (χ1v) is 15.3. The number of aryl methyl sites for hydroxylation is 1. The van der Waals surface area contributed by atoms with E-state index in [0.29, 0.717) is 5.69 Å². The molecule has 5 rings (SSSR count). The summed E-state index contributed by atoms with van der Waals surface area (Å²) in [5.74, 6) is -0.433. The number of carbonyl (C=O) groups excluding carboxylic acids is 1. The molecular formula is C32H37N3O5S. The van der Waals surface area contributed by atoms with Crippen LogP contribution in [-0.2, 0) is 28.4 Å². The molecule has 0 saturated carbocycles. The molecule has 4 aromatic rings. The van der Waals surface area contributed by atoms with Gasteiger partial charge >= 0.3 is 0 Å². The van der Waals surface area contributed by atoms with Crippen LogP contribution in [0.4, 0.5) is 0 Å². The van der Waals surface area contributed by atoms with Gasteiger partial charge in [-0.3, -0.25) is 4.79 Å². The van der Waals surface area contributed by atoms with Gasteiger partial charge in [0.1, 0.15) is 5.69 Å². The number of carbonyl (C=O) groups is 1. The summed E-state index contributed by atoms with van der Waals surface area (Å²) >= 11 is 0. The smallest absolute Gasteiger partial charge is 0.271 e. The molecule has 41 heavy (non-hydrogen) atoms. The quantitative estimate of drug-likeness (QED) is 0.365. The van der Waals surface area contributed by atoms with Crippen molar-refractivity contribution >= 4 is 26.8 Å². The topological polar surface area (TPSA) is 92.1 Å².